The van der Waals surface area contributed by atoms with Crippen LogP contribution in [0.25, 0.3) is 44.5 Å². The molecule has 2 spiro atoms. The van der Waals surface area contributed by atoms with Crippen LogP contribution in [-0.2, 0) is 10.8 Å². The lowest BCUT2D eigenvalue weighted by atomic mass is 9.42. The summed E-state index contributed by atoms with van der Waals surface area (Å²) in [6, 6.07) is 59.3. The molecule has 17 rings (SSSR count). The van der Waals surface area contributed by atoms with Crippen molar-refractivity contribution >= 4 is 17.1 Å². The highest BCUT2D eigenvalue weighted by molar-refractivity contribution is 5.99. The molecule has 0 N–H and O–H groups in total. The first-order valence-electron chi connectivity index (χ1n) is 24.8. The van der Waals surface area contributed by atoms with Crippen LogP contribution in [0.1, 0.15) is 86.5 Å². The molecule has 1 nitrogen and oxygen atoms in total. The van der Waals surface area contributed by atoms with Crippen molar-refractivity contribution in [1.29, 1.82) is 0 Å². The maximum Gasteiger partial charge on any atom is 0.123 e. The summed E-state index contributed by atoms with van der Waals surface area (Å²) in [6.07, 6.45) is 13.4. The molecule has 8 bridgehead atoms. The molecule has 0 saturated heterocycles. The number of fused-ring (bicyclic) bond motifs is 6. The number of hydrogen-bond donors (Lipinski definition) is 0. The van der Waals surface area contributed by atoms with Gasteiger partial charge in [-0.15, -0.1) is 0 Å². The summed E-state index contributed by atoms with van der Waals surface area (Å²) in [5.41, 5.74) is 19.9. The third kappa shape index (κ3) is 4.75. The van der Waals surface area contributed by atoms with E-state index in [1.165, 1.54) is 131 Å². The van der Waals surface area contributed by atoms with Crippen molar-refractivity contribution in [1.82, 2.24) is 0 Å². The summed E-state index contributed by atoms with van der Waals surface area (Å²) in [6.45, 7) is 0. The lowest BCUT2D eigenvalue weighted by Gasteiger charge is -2.61. The minimum Gasteiger partial charge on any atom is -0.310 e. The molecule has 0 atom stereocenters. The fourth-order valence-electron chi connectivity index (χ4n) is 17.5. The van der Waals surface area contributed by atoms with Crippen molar-refractivity contribution in [3.05, 3.63) is 186 Å². The van der Waals surface area contributed by atoms with E-state index in [1.54, 1.807) is 17.2 Å². The molecule has 0 radical (unpaired) electrons. The number of nitrogens with zero attached hydrogens (tertiary/aromatic N) is 1. The van der Waals surface area contributed by atoms with E-state index in [1.807, 2.05) is 6.07 Å². The van der Waals surface area contributed by atoms with E-state index in [-0.39, 0.29) is 16.6 Å². The Bertz CT molecular complexity index is 2980. The van der Waals surface area contributed by atoms with Gasteiger partial charge in [0.15, 0.2) is 0 Å². The first kappa shape index (κ1) is 36.6. The van der Waals surface area contributed by atoms with Gasteiger partial charge in [0.05, 0.1) is 5.69 Å². The zero-order chi connectivity index (χ0) is 41.9. The number of hydrogen-bond acceptors (Lipinski definition) is 1. The van der Waals surface area contributed by atoms with E-state index >= 15 is 4.39 Å². The van der Waals surface area contributed by atoms with Gasteiger partial charge in [0.2, 0.25) is 0 Å². The molecule has 0 unspecified atom stereocenters. The van der Waals surface area contributed by atoms with Crippen LogP contribution in [0.5, 0.6) is 0 Å². The Morgan fingerprint density at radius 1 is 0.375 bits per heavy atom. The Morgan fingerprint density at radius 2 is 0.922 bits per heavy atom. The molecule has 7 aromatic rings. The smallest absolute Gasteiger partial charge is 0.123 e. The van der Waals surface area contributed by atoms with Crippen molar-refractivity contribution in [3.8, 4) is 44.5 Å². The van der Waals surface area contributed by atoms with Crippen molar-refractivity contribution in [3.63, 3.8) is 0 Å². The first-order chi connectivity index (χ1) is 31.6. The minimum atomic E-state index is -0.176. The highest BCUT2D eigenvalue weighted by Gasteiger charge is 2.64. The Kier molecular flexibility index (Phi) is 7.54. The van der Waals surface area contributed by atoms with Gasteiger partial charge in [-0.25, -0.2) is 4.39 Å². The fourth-order valence-corrected chi connectivity index (χ4v) is 17.5. The molecular formula is C62H54FN. The Labute approximate surface area is 377 Å². The van der Waals surface area contributed by atoms with Gasteiger partial charge in [-0.2, -0.15) is 0 Å². The SMILES string of the molecule is Fc1ccc2c(c1)C1(c3c(-c4ccccc4)cc(N(c4ccc(-c5ccccc5)cc4)c4cccc5c4-c4ccccc4C54C5CC6CC(C5)CC4C6)cc3-2)C2CC3CC(C2)CC1C3. The lowest BCUT2D eigenvalue weighted by molar-refractivity contribution is -0.0399. The number of benzene rings is 7. The van der Waals surface area contributed by atoms with Gasteiger partial charge in [-0.3, -0.25) is 0 Å². The summed E-state index contributed by atoms with van der Waals surface area (Å²) in [7, 11) is 0. The zero-order valence-corrected chi connectivity index (χ0v) is 36.5. The summed E-state index contributed by atoms with van der Waals surface area (Å²) in [5, 5.41) is 0. The predicted molar refractivity (Wildman–Crippen MR) is 258 cm³/mol. The molecular weight excluding hydrogens is 778 g/mol. The van der Waals surface area contributed by atoms with E-state index in [4.69, 9.17) is 0 Å². The molecule has 10 aliphatic carbocycles. The van der Waals surface area contributed by atoms with Crippen LogP contribution in [0, 0.1) is 53.2 Å². The maximum absolute atomic E-state index is 15.9. The third-order valence-corrected chi connectivity index (χ3v) is 19.1. The normalized spacial score (nSPS) is 31.3. The largest absolute Gasteiger partial charge is 0.310 e. The Hall–Kier alpha value is -5.73. The van der Waals surface area contributed by atoms with Crippen molar-refractivity contribution in [2.45, 2.75) is 75.0 Å². The zero-order valence-electron chi connectivity index (χ0n) is 36.5. The molecule has 64 heavy (non-hydrogen) atoms. The first-order valence-corrected chi connectivity index (χ1v) is 24.8. The maximum atomic E-state index is 15.9. The lowest BCUT2D eigenvalue weighted by Crippen LogP contribution is -2.55. The topological polar surface area (TPSA) is 3.24 Å². The number of rotatable bonds is 5. The van der Waals surface area contributed by atoms with Crippen LogP contribution < -0.4 is 4.90 Å². The van der Waals surface area contributed by atoms with Crippen LogP contribution in [-0.4, -0.2) is 0 Å². The van der Waals surface area contributed by atoms with Gasteiger partial charge in [0, 0.05) is 27.8 Å². The summed E-state index contributed by atoms with van der Waals surface area (Å²) < 4.78 is 15.9. The second-order valence-electron chi connectivity index (χ2n) is 21.8. The monoisotopic (exact) mass is 831 g/mol. The standard InChI is InChI=1S/C62H54FN/c63-48-20-23-51-54-36-50(35-53(43-12-5-2-6-13-43)60(54)62(57(51)34-48)46-30-39-25-40(32-46)33-47(62)31-39)64(49-21-18-42(19-22-49)41-10-3-1-4-11-41)58-17-9-16-56-59(58)52-14-7-8-15-55(52)61(56)44-26-37-24-38(28-44)29-45(61)27-37/h1-23,34-40,44-47H,24-33H2. The van der Waals surface area contributed by atoms with Gasteiger partial charge in [0.25, 0.3) is 0 Å². The van der Waals surface area contributed by atoms with Crippen LogP contribution in [0.4, 0.5) is 21.5 Å². The van der Waals surface area contributed by atoms with Crippen molar-refractivity contribution in [2.75, 3.05) is 4.90 Å². The second kappa shape index (κ2) is 13.2. The van der Waals surface area contributed by atoms with E-state index < -0.39 is 0 Å². The molecule has 0 aliphatic heterocycles. The van der Waals surface area contributed by atoms with Crippen LogP contribution >= 0.6 is 0 Å². The van der Waals surface area contributed by atoms with Crippen molar-refractivity contribution < 1.29 is 4.39 Å². The second-order valence-corrected chi connectivity index (χ2v) is 21.8. The van der Waals surface area contributed by atoms with Gasteiger partial charge in [-0.05, 0) is 215 Å². The molecule has 10 aliphatic rings. The average Bonchev–Trinajstić information content (AvgIpc) is 3.78. The minimum absolute atomic E-state index is 0.0696. The van der Waals surface area contributed by atoms with Gasteiger partial charge in [0.1, 0.15) is 5.82 Å². The molecule has 314 valence electrons. The highest BCUT2D eigenvalue weighted by Crippen LogP contribution is 2.73. The van der Waals surface area contributed by atoms with E-state index in [0.29, 0.717) is 23.7 Å². The van der Waals surface area contributed by atoms with Gasteiger partial charge in [-0.1, -0.05) is 115 Å². The molecule has 7 aromatic carbocycles. The van der Waals surface area contributed by atoms with Crippen LogP contribution in [0.3, 0.4) is 0 Å². The van der Waals surface area contributed by atoms with Crippen LogP contribution in [0.15, 0.2) is 158 Å². The van der Waals surface area contributed by atoms with E-state index in [9.17, 15) is 0 Å². The molecule has 2 heteroatoms. The van der Waals surface area contributed by atoms with Crippen LogP contribution in [0.2, 0.25) is 0 Å². The summed E-state index contributed by atoms with van der Waals surface area (Å²) >= 11 is 0. The summed E-state index contributed by atoms with van der Waals surface area (Å²) in [5.74, 6) is 5.76. The van der Waals surface area contributed by atoms with Gasteiger partial charge >= 0.3 is 0 Å². The van der Waals surface area contributed by atoms with E-state index in [2.05, 4.69) is 150 Å². The molecule has 0 aromatic heterocycles. The number of anilines is 3. The van der Waals surface area contributed by atoms with Crippen molar-refractivity contribution in [2.24, 2.45) is 47.3 Å². The quantitative estimate of drug-likeness (QED) is 0.167. The number of halogens is 1. The average molecular weight is 832 g/mol. The third-order valence-electron chi connectivity index (χ3n) is 19.1. The van der Waals surface area contributed by atoms with E-state index in [0.717, 1.165) is 29.4 Å². The highest BCUT2D eigenvalue weighted by atomic mass is 19.1. The molecule has 0 heterocycles. The Morgan fingerprint density at radius 3 is 1.58 bits per heavy atom. The Balaban J connectivity index is 1.01. The summed E-state index contributed by atoms with van der Waals surface area (Å²) in [4.78, 5) is 2.62. The molecule has 8 fully saturated rings. The van der Waals surface area contributed by atoms with Gasteiger partial charge < -0.3 is 4.90 Å². The molecule has 8 saturated carbocycles. The fraction of sp³-hybridized carbons (Fsp3) is 0.323. The predicted octanol–water partition coefficient (Wildman–Crippen LogP) is 16.1. The molecule has 0 amide bonds.